The van der Waals surface area contributed by atoms with Gasteiger partial charge in [0.05, 0.1) is 0 Å². The van der Waals surface area contributed by atoms with Gasteiger partial charge < -0.3 is 4.90 Å². The van der Waals surface area contributed by atoms with E-state index < -0.39 is 0 Å². The first-order valence-corrected chi connectivity index (χ1v) is 7.57. The number of rotatable bonds is 4. The largest absolute Gasteiger partial charge is 0.341 e. The van der Waals surface area contributed by atoms with Crippen LogP contribution in [0.2, 0.25) is 0 Å². The Labute approximate surface area is 114 Å². The van der Waals surface area contributed by atoms with E-state index in [1.807, 2.05) is 0 Å². The molecule has 0 aromatic carbocycles. The highest BCUT2D eigenvalue weighted by Crippen LogP contribution is 2.24. The van der Waals surface area contributed by atoms with Crippen molar-refractivity contribution in [3.63, 3.8) is 0 Å². The van der Waals surface area contributed by atoms with Gasteiger partial charge in [-0.15, -0.1) is 5.10 Å². The Morgan fingerprint density at radius 1 is 1.33 bits per heavy atom. The van der Waals surface area contributed by atoms with Crippen LogP contribution in [0, 0.1) is 10.7 Å². The summed E-state index contributed by atoms with van der Waals surface area (Å²) in [6.07, 6.45) is 6.60. The Morgan fingerprint density at radius 3 is 2.89 bits per heavy atom. The summed E-state index contributed by atoms with van der Waals surface area (Å²) in [4.78, 5) is 2.39. The summed E-state index contributed by atoms with van der Waals surface area (Å²) in [5.74, 6) is 1.93. The van der Waals surface area contributed by atoms with Gasteiger partial charge in [-0.2, -0.15) is 0 Å². The van der Waals surface area contributed by atoms with E-state index in [0.717, 1.165) is 36.3 Å². The Bertz CT molecular complexity index is 423. The molecule has 0 aliphatic carbocycles. The third-order valence-corrected chi connectivity index (χ3v) is 4.19. The van der Waals surface area contributed by atoms with Crippen LogP contribution < -0.4 is 4.90 Å². The molecule has 1 aliphatic rings. The molecule has 4 nitrogen and oxygen atoms in total. The second kappa shape index (κ2) is 6.36. The molecule has 0 spiro atoms. The molecule has 5 heteroatoms. The lowest BCUT2D eigenvalue weighted by Gasteiger charge is -2.21. The van der Waals surface area contributed by atoms with E-state index in [1.54, 1.807) is 0 Å². The topological polar surface area (TPSA) is 36.9 Å². The fourth-order valence-electron chi connectivity index (χ4n) is 2.90. The lowest BCUT2D eigenvalue weighted by Crippen LogP contribution is -2.27. The zero-order valence-electron chi connectivity index (χ0n) is 11.5. The first-order chi connectivity index (χ1) is 8.76. The molecule has 1 unspecified atom stereocenters. The van der Waals surface area contributed by atoms with Gasteiger partial charge >= 0.3 is 0 Å². The van der Waals surface area contributed by atoms with Gasteiger partial charge in [-0.25, -0.2) is 5.10 Å². The molecule has 1 saturated heterocycles. The average molecular weight is 268 g/mol. The quantitative estimate of drug-likeness (QED) is 0.851. The van der Waals surface area contributed by atoms with Crippen LogP contribution in [0.1, 0.15) is 46.0 Å². The molecule has 0 saturated carbocycles. The SMILES string of the molecule is CCCC1CCCN(c2n[nH]c(=S)n2CC)CC1. The van der Waals surface area contributed by atoms with Crippen molar-refractivity contribution in [1.29, 1.82) is 0 Å². The molecule has 18 heavy (non-hydrogen) atoms. The van der Waals surface area contributed by atoms with Crippen LogP contribution in [0.15, 0.2) is 0 Å². The van der Waals surface area contributed by atoms with Gasteiger partial charge in [-0.05, 0) is 44.3 Å². The van der Waals surface area contributed by atoms with Gasteiger partial charge in [-0.3, -0.25) is 4.57 Å². The summed E-state index contributed by atoms with van der Waals surface area (Å²) < 4.78 is 2.83. The van der Waals surface area contributed by atoms with Crippen LogP contribution in [-0.4, -0.2) is 27.9 Å². The molecular formula is C13H24N4S. The molecule has 0 bridgehead atoms. The number of H-pyrrole nitrogens is 1. The summed E-state index contributed by atoms with van der Waals surface area (Å²) in [7, 11) is 0. The maximum Gasteiger partial charge on any atom is 0.225 e. The normalized spacial score (nSPS) is 21.0. The van der Waals surface area contributed by atoms with Crippen molar-refractivity contribution in [2.75, 3.05) is 18.0 Å². The van der Waals surface area contributed by atoms with E-state index in [1.165, 1.54) is 32.1 Å². The summed E-state index contributed by atoms with van der Waals surface area (Å²) in [5.41, 5.74) is 0. The van der Waals surface area contributed by atoms with E-state index in [2.05, 4.69) is 33.5 Å². The number of aromatic amines is 1. The maximum absolute atomic E-state index is 5.26. The van der Waals surface area contributed by atoms with Crippen molar-refractivity contribution in [3.05, 3.63) is 4.77 Å². The van der Waals surface area contributed by atoms with Crippen LogP contribution in [0.25, 0.3) is 0 Å². The Hall–Kier alpha value is -0.840. The summed E-state index contributed by atoms with van der Waals surface area (Å²) in [6.45, 7) is 7.51. The van der Waals surface area contributed by atoms with Gasteiger partial charge in [0.1, 0.15) is 0 Å². The van der Waals surface area contributed by atoms with E-state index in [0.29, 0.717) is 0 Å². The van der Waals surface area contributed by atoms with Crippen molar-refractivity contribution < 1.29 is 0 Å². The van der Waals surface area contributed by atoms with Crippen molar-refractivity contribution >= 4 is 18.2 Å². The van der Waals surface area contributed by atoms with Crippen LogP contribution in [0.3, 0.4) is 0 Å². The fraction of sp³-hybridized carbons (Fsp3) is 0.846. The van der Waals surface area contributed by atoms with E-state index in [9.17, 15) is 0 Å². The molecular weight excluding hydrogens is 244 g/mol. The summed E-state index contributed by atoms with van der Waals surface area (Å²) in [5, 5.41) is 7.31. The van der Waals surface area contributed by atoms with Crippen LogP contribution >= 0.6 is 12.2 Å². The van der Waals surface area contributed by atoms with Gasteiger partial charge in [0.15, 0.2) is 4.77 Å². The predicted molar refractivity (Wildman–Crippen MR) is 77.5 cm³/mol. The molecule has 1 aromatic heterocycles. The fourth-order valence-corrected chi connectivity index (χ4v) is 3.15. The predicted octanol–water partition coefficient (Wildman–Crippen LogP) is 3.37. The molecule has 0 radical (unpaired) electrons. The molecule has 1 fully saturated rings. The molecule has 2 heterocycles. The molecule has 0 amide bonds. The van der Waals surface area contributed by atoms with Gasteiger partial charge in [-0.1, -0.05) is 19.8 Å². The molecule has 102 valence electrons. The third kappa shape index (κ3) is 2.94. The van der Waals surface area contributed by atoms with Crippen molar-refractivity contribution in [2.45, 2.75) is 52.5 Å². The highest BCUT2D eigenvalue weighted by atomic mass is 32.1. The lowest BCUT2D eigenvalue weighted by molar-refractivity contribution is 0.435. The van der Waals surface area contributed by atoms with Gasteiger partial charge in [0.25, 0.3) is 0 Å². The monoisotopic (exact) mass is 268 g/mol. The second-order valence-electron chi connectivity index (χ2n) is 5.15. The van der Waals surface area contributed by atoms with Crippen LogP contribution in [0.5, 0.6) is 0 Å². The molecule has 1 aliphatic heterocycles. The number of aromatic nitrogens is 3. The summed E-state index contributed by atoms with van der Waals surface area (Å²) in [6, 6.07) is 0. The van der Waals surface area contributed by atoms with Crippen molar-refractivity contribution in [2.24, 2.45) is 5.92 Å². The number of nitrogens with zero attached hydrogens (tertiary/aromatic N) is 3. The van der Waals surface area contributed by atoms with Crippen LogP contribution in [0.4, 0.5) is 5.95 Å². The highest BCUT2D eigenvalue weighted by molar-refractivity contribution is 7.71. The first kappa shape index (κ1) is 13.6. The third-order valence-electron chi connectivity index (χ3n) is 3.88. The minimum Gasteiger partial charge on any atom is -0.341 e. The Balaban J connectivity index is 2.07. The highest BCUT2D eigenvalue weighted by Gasteiger charge is 2.19. The maximum atomic E-state index is 5.26. The van der Waals surface area contributed by atoms with Gasteiger partial charge in [0, 0.05) is 19.6 Å². The van der Waals surface area contributed by atoms with Crippen LogP contribution in [-0.2, 0) is 6.54 Å². The van der Waals surface area contributed by atoms with E-state index >= 15 is 0 Å². The number of hydrogen-bond acceptors (Lipinski definition) is 3. The minimum absolute atomic E-state index is 0.738. The van der Waals surface area contributed by atoms with E-state index in [4.69, 9.17) is 12.2 Å². The Morgan fingerprint density at radius 2 is 2.17 bits per heavy atom. The molecule has 2 rings (SSSR count). The second-order valence-corrected chi connectivity index (χ2v) is 5.53. The van der Waals surface area contributed by atoms with Crippen molar-refractivity contribution in [1.82, 2.24) is 14.8 Å². The zero-order valence-corrected chi connectivity index (χ0v) is 12.3. The molecule has 1 atom stereocenters. The summed E-state index contributed by atoms with van der Waals surface area (Å²) >= 11 is 5.26. The molecule has 1 aromatic rings. The number of nitrogens with one attached hydrogen (secondary N) is 1. The standard InChI is InChI=1S/C13H24N4S/c1-3-6-11-7-5-9-16(10-8-11)12-14-15-13(18)17(12)4-2/h11H,3-10H2,1-2H3,(H,15,18). The first-order valence-electron chi connectivity index (χ1n) is 7.16. The lowest BCUT2D eigenvalue weighted by atomic mass is 9.96. The smallest absolute Gasteiger partial charge is 0.225 e. The Kier molecular flexibility index (Phi) is 4.80. The van der Waals surface area contributed by atoms with E-state index in [-0.39, 0.29) is 0 Å². The minimum atomic E-state index is 0.738. The van der Waals surface area contributed by atoms with Crippen molar-refractivity contribution in [3.8, 4) is 0 Å². The van der Waals surface area contributed by atoms with Gasteiger partial charge in [0.2, 0.25) is 5.95 Å². The molecule has 1 N–H and O–H groups in total. The zero-order chi connectivity index (χ0) is 13.0. The average Bonchev–Trinajstić information content (AvgIpc) is 2.59. The number of hydrogen-bond donors (Lipinski definition) is 1. The number of anilines is 1.